The van der Waals surface area contributed by atoms with Gasteiger partial charge in [-0.3, -0.25) is 9.59 Å². The van der Waals surface area contributed by atoms with Crippen molar-refractivity contribution in [3.63, 3.8) is 0 Å². The smallest absolute Gasteiger partial charge is 0.253 e. The van der Waals surface area contributed by atoms with Gasteiger partial charge in [0.1, 0.15) is 5.82 Å². The maximum atomic E-state index is 13.2. The molecular weight excluding hydrogens is 409 g/mol. The molecule has 0 bridgehead atoms. The van der Waals surface area contributed by atoms with Crippen LogP contribution in [-0.2, 0) is 16.1 Å². The van der Waals surface area contributed by atoms with Crippen molar-refractivity contribution in [3.05, 3.63) is 58.4 Å². The van der Waals surface area contributed by atoms with E-state index in [0.29, 0.717) is 43.1 Å². The third-order valence-electron chi connectivity index (χ3n) is 5.26. The van der Waals surface area contributed by atoms with E-state index < -0.39 is 5.82 Å². The Kier molecular flexibility index (Phi) is 6.20. The molecule has 2 aromatic carbocycles. The quantitative estimate of drug-likeness (QED) is 0.733. The van der Waals surface area contributed by atoms with Crippen molar-refractivity contribution in [1.82, 2.24) is 5.32 Å². The van der Waals surface area contributed by atoms with E-state index in [1.165, 1.54) is 12.1 Å². The number of anilines is 2. The molecule has 2 N–H and O–H groups in total. The zero-order valence-electron chi connectivity index (χ0n) is 16.4. The molecule has 2 amide bonds. The minimum atomic E-state index is -0.423. The first-order valence-corrected chi connectivity index (χ1v) is 10.4. The predicted molar refractivity (Wildman–Crippen MR) is 113 cm³/mol. The first-order valence-electron chi connectivity index (χ1n) is 10.0. The Labute approximate surface area is 179 Å². The molecule has 0 unspecified atom stereocenters. The van der Waals surface area contributed by atoms with Gasteiger partial charge in [-0.1, -0.05) is 17.7 Å². The monoisotopic (exact) mass is 431 g/mol. The Morgan fingerprint density at radius 2 is 1.90 bits per heavy atom. The van der Waals surface area contributed by atoms with E-state index in [1.54, 1.807) is 18.2 Å². The maximum Gasteiger partial charge on any atom is 0.253 e. The highest BCUT2D eigenvalue weighted by Crippen LogP contribution is 2.32. The van der Waals surface area contributed by atoms with Crippen molar-refractivity contribution in [2.45, 2.75) is 19.4 Å². The number of benzene rings is 2. The van der Waals surface area contributed by atoms with E-state index in [-0.39, 0.29) is 29.3 Å². The lowest BCUT2D eigenvalue weighted by Gasteiger charge is -2.30. The minimum Gasteiger partial charge on any atom is -0.378 e. The highest BCUT2D eigenvalue weighted by Gasteiger charge is 2.30. The van der Waals surface area contributed by atoms with Crippen molar-refractivity contribution in [3.8, 4) is 0 Å². The van der Waals surface area contributed by atoms with E-state index in [2.05, 4.69) is 15.5 Å². The maximum absolute atomic E-state index is 13.2. The van der Waals surface area contributed by atoms with Crippen LogP contribution in [0.5, 0.6) is 0 Å². The Bertz CT molecular complexity index is 959. The van der Waals surface area contributed by atoms with Crippen LogP contribution >= 0.6 is 11.6 Å². The summed E-state index contributed by atoms with van der Waals surface area (Å²) in [5, 5.41) is 6.06. The van der Waals surface area contributed by atoms with Gasteiger partial charge in [0.05, 0.1) is 24.5 Å². The van der Waals surface area contributed by atoms with Crippen molar-refractivity contribution < 1.29 is 18.7 Å². The fourth-order valence-corrected chi connectivity index (χ4v) is 3.63. The van der Waals surface area contributed by atoms with Gasteiger partial charge >= 0.3 is 0 Å². The van der Waals surface area contributed by atoms with Gasteiger partial charge in [-0.2, -0.15) is 0 Å². The molecule has 1 saturated carbocycles. The van der Waals surface area contributed by atoms with E-state index in [1.807, 2.05) is 6.07 Å². The SMILES string of the molecule is O=C(NCc1ccc(F)cc1Cl)c1ccc(NC(=O)C2CC2)cc1N1CCOCC1. The summed E-state index contributed by atoms with van der Waals surface area (Å²) in [6.07, 6.45) is 1.85. The summed E-state index contributed by atoms with van der Waals surface area (Å²) in [6, 6.07) is 9.38. The minimum absolute atomic E-state index is 0.0195. The molecule has 2 aliphatic rings. The van der Waals surface area contributed by atoms with Crippen LogP contribution in [0.15, 0.2) is 36.4 Å². The third kappa shape index (κ3) is 4.91. The summed E-state index contributed by atoms with van der Waals surface area (Å²) < 4.78 is 18.7. The van der Waals surface area contributed by atoms with Gasteiger partial charge in [-0.15, -0.1) is 0 Å². The fraction of sp³-hybridized carbons (Fsp3) is 0.364. The number of ether oxygens (including phenoxy) is 1. The number of carbonyl (C=O) groups is 2. The fourth-order valence-electron chi connectivity index (χ4n) is 3.39. The van der Waals surface area contributed by atoms with Gasteiger partial charge in [0.15, 0.2) is 0 Å². The Morgan fingerprint density at radius 3 is 2.60 bits per heavy atom. The summed E-state index contributed by atoms with van der Waals surface area (Å²) in [6.45, 7) is 2.64. The molecule has 6 nitrogen and oxygen atoms in total. The summed E-state index contributed by atoms with van der Waals surface area (Å²) in [7, 11) is 0. The van der Waals surface area contributed by atoms with Gasteiger partial charge in [0.25, 0.3) is 5.91 Å². The van der Waals surface area contributed by atoms with E-state index in [4.69, 9.17) is 16.3 Å². The molecule has 1 heterocycles. The van der Waals surface area contributed by atoms with Gasteiger partial charge in [0.2, 0.25) is 5.91 Å². The number of hydrogen-bond donors (Lipinski definition) is 2. The molecule has 1 saturated heterocycles. The molecule has 8 heteroatoms. The van der Waals surface area contributed by atoms with Gasteiger partial charge in [-0.05, 0) is 48.7 Å². The lowest BCUT2D eigenvalue weighted by Crippen LogP contribution is -2.38. The third-order valence-corrected chi connectivity index (χ3v) is 5.62. The molecule has 158 valence electrons. The van der Waals surface area contributed by atoms with Gasteiger partial charge < -0.3 is 20.3 Å². The Hall–Kier alpha value is -2.64. The number of morpholine rings is 1. The molecule has 0 atom stereocenters. The Morgan fingerprint density at radius 1 is 1.13 bits per heavy atom. The standard InChI is InChI=1S/C22H23ClFN3O3/c23-19-11-16(24)4-3-15(19)13-25-22(29)18-6-5-17(26-21(28)14-1-2-14)12-20(18)27-7-9-30-10-8-27/h3-6,11-12,14H,1-2,7-10,13H2,(H,25,29)(H,26,28). The summed E-state index contributed by atoms with van der Waals surface area (Å²) in [5.41, 5.74) is 2.55. The molecule has 4 rings (SSSR count). The van der Waals surface area contributed by atoms with Crippen LogP contribution in [0.4, 0.5) is 15.8 Å². The van der Waals surface area contributed by atoms with Crippen LogP contribution in [-0.4, -0.2) is 38.1 Å². The number of hydrogen-bond acceptors (Lipinski definition) is 4. The number of halogens is 2. The molecule has 2 fully saturated rings. The van der Waals surface area contributed by atoms with Crippen molar-refractivity contribution in [1.29, 1.82) is 0 Å². The van der Waals surface area contributed by atoms with E-state index in [9.17, 15) is 14.0 Å². The van der Waals surface area contributed by atoms with E-state index >= 15 is 0 Å². The lowest BCUT2D eigenvalue weighted by atomic mass is 10.1. The molecule has 0 aromatic heterocycles. The molecule has 30 heavy (non-hydrogen) atoms. The van der Waals surface area contributed by atoms with Crippen LogP contribution in [0.2, 0.25) is 5.02 Å². The average molecular weight is 432 g/mol. The second-order valence-corrected chi connectivity index (χ2v) is 7.92. The average Bonchev–Trinajstić information content (AvgIpc) is 3.59. The summed E-state index contributed by atoms with van der Waals surface area (Å²) in [5.74, 6) is -0.572. The van der Waals surface area contributed by atoms with Gasteiger partial charge in [0, 0.05) is 36.3 Å². The van der Waals surface area contributed by atoms with Crippen LogP contribution in [0.25, 0.3) is 0 Å². The lowest BCUT2D eigenvalue weighted by molar-refractivity contribution is -0.117. The molecule has 2 aromatic rings. The Balaban J connectivity index is 1.53. The van der Waals surface area contributed by atoms with Gasteiger partial charge in [-0.25, -0.2) is 4.39 Å². The zero-order chi connectivity index (χ0) is 21.1. The molecule has 1 aliphatic heterocycles. The molecule has 1 aliphatic carbocycles. The second kappa shape index (κ2) is 9.02. The summed E-state index contributed by atoms with van der Waals surface area (Å²) >= 11 is 6.06. The number of nitrogens with zero attached hydrogens (tertiary/aromatic N) is 1. The number of amides is 2. The predicted octanol–water partition coefficient (Wildman–Crippen LogP) is 3.59. The zero-order valence-corrected chi connectivity index (χ0v) is 17.2. The number of rotatable bonds is 6. The topological polar surface area (TPSA) is 70.7 Å². The largest absolute Gasteiger partial charge is 0.378 e. The molecule has 0 spiro atoms. The number of nitrogens with one attached hydrogen (secondary N) is 2. The van der Waals surface area contributed by atoms with Crippen LogP contribution in [0, 0.1) is 11.7 Å². The first-order chi connectivity index (χ1) is 14.5. The number of carbonyl (C=O) groups excluding carboxylic acids is 2. The molecule has 0 radical (unpaired) electrons. The van der Waals surface area contributed by atoms with Crippen LogP contribution in [0.1, 0.15) is 28.8 Å². The van der Waals surface area contributed by atoms with E-state index in [0.717, 1.165) is 18.5 Å². The van der Waals surface area contributed by atoms with Crippen molar-refractivity contribution >= 4 is 34.8 Å². The summed E-state index contributed by atoms with van der Waals surface area (Å²) in [4.78, 5) is 27.2. The normalized spacial score (nSPS) is 16.3. The molecular formula is C22H23ClFN3O3. The van der Waals surface area contributed by atoms with Crippen LogP contribution < -0.4 is 15.5 Å². The van der Waals surface area contributed by atoms with Crippen molar-refractivity contribution in [2.24, 2.45) is 5.92 Å². The highest BCUT2D eigenvalue weighted by atomic mass is 35.5. The highest BCUT2D eigenvalue weighted by molar-refractivity contribution is 6.31. The van der Waals surface area contributed by atoms with Crippen LogP contribution in [0.3, 0.4) is 0 Å². The first kappa shape index (κ1) is 20.6. The second-order valence-electron chi connectivity index (χ2n) is 7.51. The van der Waals surface area contributed by atoms with Crippen molar-refractivity contribution in [2.75, 3.05) is 36.5 Å².